The summed E-state index contributed by atoms with van der Waals surface area (Å²) in [6.07, 6.45) is 0. The van der Waals surface area contributed by atoms with Crippen LogP contribution in [0.2, 0.25) is 5.02 Å². The van der Waals surface area contributed by atoms with Crippen LogP contribution in [-0.4, -0.2) is 77.5 Å². The second-order valence-corrected chi connectivity index (χ2v) is 7.60. The predicted octanol–water partition coefficient (Wildman–Crippen LogP) is 0.0593. The van der Waals surface area contributed by atoms with Crippen LogP contribution < -0.4 is 17.0 Å². The van der Waals surface area contributed by atoms with Gasteiger partial charge in [0.25, 0.3) is 11.5 Å². The molecule has 0 spiro atoms. The van der Waals surface area contributed by atoms with Crippen LogP contribution in [0.15, 0.2) is 33.9 Å². The van der Waals surface area contributed by atoms with E-state index in [0.29, 0.717) is 36.8 Å². The highest BCUT2D eigenvalue weighted by atomic mass is 35.5. The molecule has 0 bridgehead atoms. The van der Waals surface area contributed by atoms with Gasteiger partial charge in [0.05, 0.1) is 19.7 Å². The Morgan fingerprint density at radius 1 is 1.13 bits per heavy atom. The van der Waals surface area contributed by atoms with Gasteiger partial charge < -0.3 is 15.4 Å². The number of piperazine rings is 1. The van der Waals surface area contributed by atoms with E-state index in [1.165, 1.54) is 7.11 Å². The number of nitrogens with two attached hydrogens (primary N) is 1. The number of carbonyl (C=O) groups is 2. The van der Waals surface area contributed by atoms with Gasteiger partial charge in [0.15, 0.2) is 5.78 Å². The predicted molar refractivity (Wildman–Crippen MR) is 116 cm³/mol. The fraction of sp³-hybridized carbons (Fsp3) is 0.400. The molecule has 1 aromatic carbocycles. The fourth-order valence-corrected chi connectivity index (χ4v) is 3.55. The normalized spacial score (nSPS) is 14.6. The minimum Gasteiger partial charge on any atom is -0.384 e. The summed E-state index contributed by atoms with van der Waals surface area (Å²) in [6.45, 7) is 2.08. The lowest BCUT2D eigenvalue weighted by molar-refractivity contribution is 0.0624. The molecule has 0 radical (unpaired) electrons. The number of nitrogens with one attached hydrogen (secondary N) is 1. The van der Waals surface area contributed by atoms with Crippen LogP contribution in [0.3, 0.4) is 0 Å². The molecule has 0 saturated carbocycles. The van der Waals surface area contributed by atoms with Crippen molar-refractivity contribution in [3.05, 3.63) is 61.3 Å². The van der Waals surface area contributed by atoms with Crippen molar-refractivity contribution in [2.45, 2.75) is 6.54 Å². The quantitative estimate of drug-likeness (QED) is 0.571. The Morgan fingerprint density at radius 2 is 1.77 bits per heavy atom. The molecule has 2 heterocycles. The van der Waals surface area contributed by atoms with Gasteiger partial charge >= 0.3 is 5.69 Å². The number of anilines is 1. The zero-order valence-electron chi connectivity index (χ0n) is 17.1. The Kier molecular flexibility index (Phi) is 7.26. The van der Waals surface area contributed by atoms with E-state index in [0.717, 1.165) is 4.57 Å². The molecule has 2 aromatic rings. The van der Waals surface area contributed by atoms with Crippen molar-refractivity contribution >= 4 is 29.1 Å². The fourth-order valence-electron chi connectivity index (χ4n) is 3.43. The summed E-state index contributed by atoms with van der Waals surface area (Å²) >= 11 is 5.86. The molecule has 1 amide bonds. The van der Waals surface area contributed by atoms with Crippen molar-refractivity contribution in [3.8, 4) is 0 Å². The number of hydrogen-bond donors (Lipinski definition) is 2. The van der Waals surface area contributed by atoms with Gasteiger partial charge in [-0.15, -0.1) is 0 Å². The molecule has 1 aliphatic rings. The maximum Gasteiger partial charge on any atom is 0.330 e. The van der Waals surface area contributed by atoms with Crippen LogP contribution >= 0.6 is 11.6 Å². The lowest BCUT2D eigenvalue weighted by atomic mass is 10.1. The number of H-pyrrole nitrogens is 1. The van der Waals surface area contributed by atoms with E-state index in [2.05, 4.69) is 4.98 Å². The van der Waals surface area contributed by atoms with Crippen LogP contribution in [-0.2, 0) is 11.3 Å². The van der Waals surface area contributed by atoms with Crippen LogP contribution in [0.4, 0.5) is 5.82 Å². The minimum absolute atomic E-state index is 0.0429. The summed E-state index contributed by atoms with van der Waals surface area (Å²) in [6, 6.07) is 6.68. The summed E-state index contributed by atoms with van der Waals surface area (Å²) in [5.41, 5.74) is 4.76. The highest BCUT2D eigenvalue weighted by Gasteiger charge is 2.26. The van der Waals surface area contributed by atoms with E-state index in [1.807, 2.05) is 4.90 Å². The van der Waals surface area contributed by atoms with Crippen molar-refractivity contribution in [3.63, 3.8) is 0 Å². The van der Waals surface area contributed by atoms with Gasteiger partial charge in [0.1, 0.15) is 11.4 Å². The van der Waals surface area contributed by atoms with Crippen LogP contribution in [0.25, 0.3) is 0 Å². The third kappa shape index (κ3) is 5.22. The van der Waals surface area contributed by atoms with Crippen molar-refractivity contribution in [1.82, 2.24) is 19.4 Å². The Hall–Kier alpha value is -2.95. The van der Waals surface area contributed by atoms with E-state index >= 15 is 0 Å². The second-order valence-electron chi connectivity index (χ2n) is 7.16. The number of ether oxygens (including phenoxy) is 1. The molecule has 10 nitrogen and oxygen atoms in total. The average Bonchev–Trinajstić information content (AvgIpc) is 2.74. The maximum absolute atomic E-state index is 12.8. The monoisotopic (exact) mass is 449 g/mol. The molecule has 1 aromatic heterocycles. The number of nitrogens with zero attached hydrogens (tertiary/aromatic N) is 3. The second kappa shape index (κ2) is 9.90. The summed E-state index contributed by atoms with van der Waals surface area (Å²) in [4.78, 5) is 55.2. The molecule has 1 saturated heterocycles. The number of nitrogen functional groups attached to an aromatic ring is 1. The van der Waals surface area contributed by atoms with Gasteiger partial charge in [-0.05, 0) is 24.3 Å². The van der Waals surface area contributed by atoms with Gasteiger partial charge in [-0.2, -0.15) is 0 Å². The molecular formula is C20H24ClN5O5. The van der Waals surface area contributed by atoms with E-state index in [4.69, 9.17) is 22.1 Å². The van der Waals surface area contributed by atoms with E-state index < -0.39 is 17.0 Å². The zero-order chi connectivity index (χ0) is 22.5. The Balaban J connectivity index is 1.65. The number of aromatic nitrogens is 2. The molecule has 3 rings (SSSR count). The largest absolute Gasteiger partial charge is 0.384 e. The molecule has 0 atom stereocenters. The first-order chi connectivity index (χ1) is 14.8. The summed E-state index contributed by atoms with van der Waals surface area (Å²) in [5.74, 6) is -0.761. The smallest absolute Gasteiger partial charge is 0.330 e. The molecule has 1 aliphatic heterocycles. The highest BCUT2D eigenvalue weighted by Crippen LogP contribution is 2.14. The number of rotatable bonds is 7. The topological polar surface area (TPSA) is 131 Å². The van der Waals surface area contributed by atoms with Gasteiger partial charge in [-0.25, -0.2) is 4.79 Å². The van der Waals surface area contributed by atoms with E-state index in [1.54, 1.807) is 29.2 Å². The molecule has 0 aliphatic carbocycles. The third-order valence-corrected chi connectivity index (χ3v) is 5.41. The number of amides is 1. The highest BCUT2D eigenvalue weighted by molar-refractivity contribution is 6.30. The average molecular weight is 450 g/mol. The van der Waals surface area contributed by atoms with Crippen molar-refractivity contribution in [2.75, 3.05) is 52.2 Å². The lowest BCUT2D eigenvalue weighted by Crippen LogP contribution is -2.50. The van der Waals surface area contributed by atoms with Crippen LogP contribution in [0.5, 0.6) is 0 Å². The first-order valence-electron chi connectivity index (χ1n) is 9.73. The number of ketones is 1. The molecule has 0 unspecified atom stereocenters. The molecule has 11 heteroatoms. The lowest BCUT2D eigenvalue weighted by Gasteiger charge is -2.34. The Labute approximate surface area is 183 Å². The summed E-state index contributed by atoms with van der Waals surface area (Å²) in [5, 5.41) is 0.558. The number of carbonyl (C=O) groups excluding carboxylic acids is 2. The van der Waals surface area contributed by atoms with Gasteiger partial charge in [0, 0.05) is 43.9 Å². The standard InChI is InChI=1S/C20H24ClN5O5/c1-31-11-10-26-17(22)16(18(28)23-20(26)30)15(27)12-24-6-8-25(9-7-24)19(29)13-2-4-14(21)5-3-13/h2-5H,6-12,22H2,1H3,(H,23,28,30). The van der Waals surface area contributed by atoms with Gasteiger partial charge in [0.2, 0.25) is 0 Å². The SMILES string of the molecule is COCCn1c(N)c(C(=O)CN2CCN(C(=O)c3ccc(Cl)cc3)CC2)c(=O)[nH]c1=O. The summed E-state index contributed by atoms with van der Waals surface area (Å²) in [7, 11) is 1.47. The molecule has 1 fully saturated rings. The Bertz CT molecular complexity index is 1070. The number of benzene rings is 1. The molecule has 166 valence electrons. The molecular weight excluding hydrogens is 426 g/mol. The van der Waals surface area contributed by atoms with Crippen molar-refractivity contribution in [2.24, 2.45) is 0 Å². The number of aromatic amines is 1. The summed E-state index contributed by atoms with van der Waals surface area (Å²) < 4.78 is 6.05. The first kappa shape index (κ1) is 22.7. The van der Waals surface area contributed by atoms with Crippen LogP contribution in [0.1, 0.15) is 20.7 Å². The number of Topliss-reactive ketones (excluding diaryl/α,β-unsaturated/α-hetero) is 1. The number of hydrogen-bond acceptors (Lipinski definition) is 7. The van der Waals surface area contributed by atoms with E-state index in [9.17, 15) is 19.2 Å². The van der Waals surface area contributed by atoms with Crippen molar-refractivity contribution in [1.29, 1.82) is 0 Å². The van der Waals surface area contributed by atoms with Crippen molar-refractivity contribution < 1.29 is 14.3 Å². The minimum atomic E-state index is -0.808. The number of halogens is 1. The van der Waals surface area contributed by atoms with Crippen LogP contribution in [0, 0.1) is 0 Å². The van der Waals surface area contributed by atoms with Gasteiger partial charge in [-0.1, -0.05) is 11.6 Å². The van der Waals surface area contributed by atoms with E-state index in [-0.39, 0.29) is 37.0 Å². The first-order valence-corrected chi connectivity index (χ1v) is 10.1. The third-order valence-electron chi connectivity index (χ3n) is 5.16. The number of methoxy groups -OCH3 is 1. The van der Waals surface area contributed by atoms with Gasteiger partial charge in [-0.3, -0.25) is 28.8 Å². The molecule has 31 heavy (non-hydrogen) atoms. The molecule has 3 N–H and O–H groups in total. The maximum atomic E-state index is 12.8. The zero-order valence-corrected chi connectivity index (χ0v) is 17.9. The Morgan fingerprint density at radius 3 is 2.39 bits per heavy atom.